The minimum absolute atomic E-state index is 0.0146. The fourth-order valence-electron chi connectivity index (χ4n) is 6.64. The van der Waals surface area contributed by atoms with E-state index >= 15 is 0 Å². The van der Waals surface area contributed by atoms with Crippen LogP contribution in [-0.4, -0.2) is 77.4 Å². The number of nitrogen functional groups attached to an aromatic ring is 1. The summed E-state index contributed by atoms with van der Waals surface area (Å²) in [6.45, 7) is 0. The molecule has 39 heavy (non-hydrogen) atoms. The minimum atomic E-state index is -3.75. The topological polar surface area (TPSA) is 185 Å². The van der Waals surface area contributed by atoms with Gasteiger partial charge in [0.2, 0.25) is 5.82 Å². The van der Waals surface area contributed by atoms with Gasteiger partial charge in [-0.2, -0.15) is 9.61 Å². The highest BCUT2D eigenvalue weighted by Crippen LogP contribution is 2.45. The molecule has 14 heteroatoms. The predicted octanol–water partition coefficient (Wildman–Crippen LogP) is 1.43. The summed E-state index contributed by atoms with van der Waals surface area (Å²) in [7, 11) is -3.75. The number of carbonyl (C=O) groups is 1. The lowest BCUT2D eigenvalue weighted by molar-refractivity contribution is 0.0556. The van der Waals surface area contributed by atoms with Crippen molar-refractivity contribution in [2.75, 3.05) is 12.0 Å². The third kappa shape index (κ3) is 3.72. The summed E-state index contributed by atoms with van der Waals surface area (Å²) in [5, 5.41) is 22.2. The summed E-state index contributed by atoms with van der Waals surface area (Å²) in [5.41, 5.74) is 10.5. The number of aliphatic hydroxyl groups excluding tert-OH is 1. The highest BCUT2D eigenvalue weighted by Gasteiger charge is 2.46. The van der Waals surface area contributed by atoms with Gasteiger partial charge in [-0.1, -0.05) is 0 Å². The fraction of sp³-hybridized carbons (Fsp3) is 0.440. The van der Waals surface area contributed by atoms with Crippen molar-refractivity contribution in [1.29, 1.82) is 0 Å². The van der Waals surface area contributed by atoms with E-state index in [1.165, 1.54) is 10.8 Å². The normalized spacial score (nSPS) is 24.4. The monoisotopic (exact) mass is 549 g/mol. The number of nitrogens with zero attached hydrogens (tertiary/aromatic N) is 7. The number of nitrogens with two attached hydrogens (primary N) is 1. The standard InChI is InChI=1S/C25H27N9O4S/c1-39(37,38)21-20(13-7-15-3-4-16(8-13)33(15)25(36)23-28-11-29-32-23)31-24-17(10-30-34(24)22(21)26)14-6-12-2-5-18(35)19(12)27-9-14/h6,9-11,13,15-16,18,35H,2-5,7-8,26H2,1H3,(H,28,29,32)/t13?,15-,16?,18?/m1/s1. The number of aliphatic hydroxyl groups is 1. The second-order valence-electron chi connectivity index (χ2n) is 10.7. The van der Waals surface area contributed by atoms with Crippen LogP contribution in [0.4, 0.5) is 5.82 Å². The van der Waals surface area contributed by atoms with Crippen LogP contribution in [0.2, 0.25) is 0 Å². The highest BCUT2D eigenvalue weighted by atomic mass is 32.2. The van der Waals surface area contributed by atoms with E-state index in [4.69, 9.17) is 10.7 Å². The van der Waals surface area contributed by atoms with Gasteiger partial charge >= 0.3 is 0 Å². The van der Waals surface area contributed by atoms with Gasteiger partial charge in [0.25, 0.3) is 5.91 Å². The lowest BCUT2D eigenvalue weighted by atomic mass is 9.87. The molecule has 0 spiro atoms. The van der Waals surface area contributed by atoms with Crippen LogP contribution in [0.25, 0.3) is 16.8 Å². The van der Waals surface area contributed by atoms with E-state index in [1.807, 2.05) is 11.0 Å². The molecule has 0 radical (unpaired) electrons. The summed E-state index contributed by atoms with van der Waals surface area (Å²) < 4.78 is 27.4. The van der Waals surface area contributed by atoms with Gasteiger partial charge in [0.15, 0.2) is 15.5 Å². The molecule has 0 saturated carbocycles. The van der Waals surface area contributed by atoms with Crippen LogP contribution in [0.1, 0.15) is 71.7 Å². The first-order valence-electron chi connectivity index (χ1n) is 12.9. The number of aromatic amines is 1. The first-order chi connectivity index (χ1) is 18.7. The second-order valence-corrected chi connectivity index (χ2v) is 12.7. The van der Waals surface area contributed by atoms with Crippen molar-refractivity contribution in [3.63, 3.8) is 0 Å². The Morgan fingerprint density at radius 2 is 1.92 bits per heavy atom. The zero-order valence-electron chi connectivity index (χ0n) is 21.1. The van der Waals surface area contributed by atoms with E-state index in [1.54, 1.807) is 12.4 Å². The van der Waals surface area contributed by atoms with Crippen LogP contribution in [0.5, 0.6) is 0 Å². The summed E-state index contributed by atoms with van der Waals surface area (Å²) in [6, 6.07) is 1.83. The molecule has 7 rings (SSSR count). The van der Waals surface area contributed by atoms with Gasteiger partial charge in [-0.3, -0.25) is 9.78 Å². The number of hydrogen-bond donors (Lipinski definition) is 3. The smallest absolute Gasteiger partial charge is 0.292 e. The van der Waals surface area contributed by atoms with Crippen LogP contribution in [0, 0.1) is 0 Å². The third-order valence-electron chi connectivity index (χ3n) is 8.32. The van der Waals surface area contributed by atoms with Crippen LogP contribution >= 0.6 is 0 Å². The van der Waals surface area contributed by atoms with Gasteiger partial charge in [0, 0.05) is 41.6 Å². The quantitative estimate of drug-likeness (QED) is 0.336. The number of carbonyl (C=O) groups excluding carboxylic acids is 1. The van der Waals surface area contributed by atoms with Crippen molar-refractivity contribution >= 4 is 27.2 Å². The fourth-order valence-corrected chi connectivity index (χ4v) is 7.70. The number of aromatic nitrogens is 7. The number of pyridine rings is 1. The van der Waals surface area contributed by atoms with Gasteiger partial charge < -0.3 is 20.7 Å². The van der Waals surface area contributed by atoms with Gasteiger partial charge in [0.05, 0.1) is 23.7 Å². The number of piperidine rings is 1. The maximum Gasteiger partial charge on any atom is 0.292 e. The Labute approximate surface area is 223 Å². The van der Waals surface area contributed by atoms with Crippen LogP contribution < -0.4 is 5.73 Å². The number of aryl methyl sites for hydroxylation is 1. The molecule has 2 fully saturated rings. The Morgan fingerprint density at radius 1 is 1.15 bits per heavy atom. The number of fused-ring (bicyclic) bond motifs is 4. The van der Waals surface area contributed by atoms with Crippen molar-refractivity contribution in [3.05, 3.63) is 47.6 Å². The second kappa shape index (κ2) is 8.55. The maximum atomic E-state index is 13.1. The number of amides is 1. The summed E-state index contributed by atoms with van der Waals surface area (Å²) in [5.74, 6) is -0.197. The molecule has 4 N–H and O–H groups in total. The van der Waals surface area contributed by atoms with E-state index < -0.39 is 15.9 Å². The Bertz CT molecular complexity index is 1720. The lowest BCUT2D eigenvalue weighted by Gasteiger charge is -2.38. The zero-order valence-corrected chi connectivity index (χ0v) is 22.0. The average Bonchev–Trinajstić information content (AvgIpc) is 3.69. The summed E-state index contributed by atoms with van der Waals surface area (Å²) in [6.07, 6.45) is 9.36. The van der Waals surface area contributed by atoms with Gasteiger partial charge in [0.1, 0.15) is 17.0 Å². The lowest BCUT2D eigenvalue weighted by Crippen LogP contribution is -2.46. The molecule has 2 saturated heterocycles. The molecule has 4 atom stereocenters. The molecule has 1 aliphatic carbocycles. The molecule has 2 bridgehead atoms. The molecular formula is C25H27N9O4S. The molecule has 1 amide bonds. The van der Waals surface area contributed by atoms with Crippen molar-refractivity contribution in [3.8, 4) is 11.1 Å². The van der Waals surface area contributed by atoms with Crippen molar-refractivity contribution in [1.82, 2.24) is 39.7 Å². The van der Waals surface area contributed by atoms with E-state index in [-0.39, 0.29) is 40.4 Å². The highest BCUT2D eigenvalue weighted by molar-refractivity contribution is 7.91. The van der Waals surface area contributed by atoms with E-state index in [0.29, 0.717) is 41.9 Å². The van der Waals surface area contributed by atoms with Crippen LogP contribution in [0.3, 0.4) is 0 Å². The number of anilines is 1. The van der Waals surface area contributed by atoms with Gasteiger partial charge in [-0.15, -0.1) is 10.2 Å². The number of hydrogen-bond acceptors (Lipinski definition) is 10. The molecule has 13 nitrogen and oxygen atoms in total. The Morgan fingerprint density at radius 3 is 2.62 bits per heavy atom. The van der Waals surface area contributed by atoms with Gasteiger partial charge in [-0.25, -0.2) is 13.4 Å². The Hall–Kier alpha value is -3.91. The van der Waals surface area contributed by atoms with Crippen molar-refractivity contribution in [2.45, 2.75) is 67.5 Å². The zero-order chi connectivity index (χ0) is 27.1. The molecule has 0 aromatic carbocycles. The molecule has 3 aliphatic rings. The predicted molar refractivity (Wildman–Crippen MR) is 138 cm³/mol. The SMILES string of the molecule is CS(=O)(=O)c1c(C2CC3CC[C@H](C2)N3C(=O)c2nnc[nH]2)nc2c(-c3cnc4c(c3)CCC4O)cnn2c1N. The van der Waals surface area contributed by atoms with Crippen molar-refractivity contribution < 1.29 is 18.3 Å². The number of sulfone groups is 1. The first kappa shape index (κ1) is 24.2. The number of H-pyrrole nitrogens is 1. The largest absolute Gasteiger partial charge is 0.387 e. The van der Waals surface area contributed by atoms with E-state index in [2.05, 4.69) is 25.3 Å². The maximum absolute atomic E-state index is 13.1. The summed E-state index contributed by atoms with van der Waals surface area (Å²) >= 11 is 0. The average molecular weight is 550 g/mol. The van der Waals surface area contributed by atoms with Gasteiger partial charge in [-0.05, 0) is 50.2 Å². The van der Waals surface area contributed by atoms with E-state index in [0.717, 1.165) is 36.6 Å². The van der Waals surface area contributed by atoms with Crippen LogP contribution in [0.15, 0.2) is 29.7 Å². The summed E-state index contributed by atoms with van der Waals surface area (Å²) in [4.78, 5) is 27.1. The minimum Gasteiger partial charge on any atom is -0.387 e. The molecule has 6 heterocycles. The van der Waals surface area contributed by atoms with Crippen LogP contribution in [-0.2, 0) is 16.3 Å². The molecule has 2 aliphatic heterocycles. The molecule has 4 aromatic heterocycles. The Kier molecular flexibility index (Phi) is 5.29. The molecule has 3 unspecified atom stereocenters. The number of rotatable bonds is 4. The third-order valence-corrected chi connectivity index (χ3v) is 9.48. The van der Waals surface area contributed by atoms with Crippen molar-refractivity contribution in [2.24, 2.45) is 0 Å². The van der Waals surface area contributed by atoms with E-state index in [9.17, 15) is 18.3 Å². The molecular weight excluding hydrogens is 522 g/mol. The first-order valence-corrected chi connectivity index (χ1v) is 14.8. The molecule has 202 valence electrons. The number of nitrogens with one attached hydrogen (secondary N) is 1. The Balaban J connectivity index is 1.32. The molecule has 4 aromatic rings.